The molecule has 4 atom stereocenters. The molecule has 0 amide bonds. The number of phosphoric ester groups is 1. The van der Waals surface area contributed by atoms with Crippen molar-refractivity contribution in [3.63, 3.8) is 0 Å². The van der Waals surface area contributed by atoms with E-state index in [4.69, 9.17) is 30.0 Å². The van der Waals surface area contributed by atoms with Crippen LogP contribution in [0.15, 0.2) is 0 Å². The number of hydrogen-bond acceptors (Lipinski definition) is 7. The van der Waals surface area contributed by atoms with Crippen LogP contribution < -0.4 is 0 Å². The minimum Gasteiger partial charge on any atom is -0.391 e. The second kappa shape index (κ2) is 6.35. The molecular weight excluding hydrogens is 282 g/mol. The summed E-state index contributed by atoms with van der Waals surface area (Å²) in [6, 6.07) is 0. The van der Waals surface area contributed by atoms with Gasteiger partial charge in [-0.25, -0.2) is 9.13 Å². The minimum absolute atomic E-state index is 0.958. The molecule has 0 aromatic heterocycles. The Bertz CT molecular complexity index is 323. The highest BCUT2D eigenvalue weighted by Crippen LogP contribution is 2.57. The highest BCUT2D eigenvalue weighted by atomic mass is 31.3. The second-order valence-corrected chi connectivity index (χ2v) is 5.96. The molecule has 0 aromatic rings. The average Bonchev–Trinajstić information content (AvgIpc) is 2.09. The quantitative estimate of drug-likeness (QED) is 0.297. The van der Waals surface area contributed by atoms with Gasteiger partial charge in [-0.15, -0.1) is 0 Å². The molecule has 0 saturated carbocycles. The van der Waals surface area contributed by atoms with Crippen molar-refractivity contribution in [2.24, 2.45) is 0 Å². The van der Waals surface area contributed by atoms with Gasteiger partial charge in [0.25, 0.3) is 0 Å². The third-order valence-electron chi connectivity index (χ3n) is 1.51. The molecule has 12 heteroatoms. The van der Waals surface area contributed by atoms with Gasteiger partial charge in [0.2, 0.25) is 0 Å². The standard InChI is InChI=1S/C5H14O10P2/c1-3(6)5(8)4(7)2-14-17(12,13)15-16(9,10)11/h3-8H,2H2,1H3,(H,12,13)(H2,9,10,11)/t3?,4-,5+/m1/s1. The first-order valence-corrected chi connectivity index (χ1v) is 7.25. The van der Waals surface area contributed by atoms with Crippen LogP contribution in [0.25, 0.3) is 0 Å². The SMILES string of the molecule is CC(O)[C@H](O)[C@H](O)COP(=O)(O)OP(=O)(O)O. The number of hydrogen-bond donors (Lipinski definition) is 6. The molecule has 2 unspecified atom stereocenters. The Hall–Kier alpha value is 0.140. The monoisotopic (exact) mass is 296 g/mol. The first-order valence-electron chi connectivity index (χ1n) is 4.23. The molecule has 17 heavy (non-hydrogen) atoms. The molecule has 6 N–H and O–H groups in total. The maximum absolute atomic E-state index is 10.9. The zero-order valence-electron chi connectivity index (χ0n) is 8.65. The predicted octanol–water partition coefficient (Wildman–Crippen LogP) is -1.68. The van der Waals surface area contributed by atoms with Crippen molar-refractivity contribution >= 4 is 15.6 Å². The molecule has 104 valence electrons. The normalized spacial score (nSPS) is 21.6. The number of rotatable bonds is 7. The van der Waals surface area contributed by atoms with Gasteiger partial charge in [0, 0.05) is 0 Å². The van der Waals surface area contributed by atoms with Crippen LogP contribution in [0.4, 0.5) is 0 Å². The highest BCUT2D eigenvalue weighted by molar-refractivity contribution is 7.60. The largest absolute Gasteiger partial charge is 0.481 e. The van der Waals surface area contributed by atoms with Gasteiger partial charge >= 0.3 is 15.6 Å². The Balaban J connectivity index is 4.28. The van der Waals surface area contributed by atoms with Gasteiger partial charge in [-0.1, -0.05) is 0 Å². The topological polar surface area (TPSA) is 174 Å². The molecule has 0 radical (unpaired) electrons. The fourth-order valence-electron chi connectivity index (χ4n) is 0.749. The summed E-state index contributed by atoms with van der Waals surface area (Å²) >= 11 is 0. The van der Waals surface area contributed by atoms with Gasteiger partial charge in [0.1, 0.15) is 12.2 Å². The molecule has 0 rings (SSSR count). The third-order valence-corrected chi connectivity index (χ3v) is 3.66. The summed E-state index contributed by atoms with van der Waals surface area (Å²) in [6.45, 7) is 0.193. The lowest BCUT2D eigenvalue weighted by Crippen LogP contribution is -2.38. The zero-order chi connectivity index (χ0) is 13.9. The van der Waals surface area contributed by atoms with Gasteiger partial charge < -0.3 is 30.0 Å². The summed E-state index contributed by atoms with van der Waals surface area (Å²) in [5.41, 5.74) is 0. The van der Waals surface area contributed by atoms with Gasteiger partial charge in [-0.2, -0.15) is 4.31 Å². The molecule has 0 aliphatic heterocycles. The lowest BCUT2D eigenvalue weighted by molar-refractivity contribution is -0.0688. The van der Waals surface area contributed by atoms with Crippen LogP contribution in [0.2, 0.25) is 0 Å². The molecule has 0 aliphatic carbocycles. The van der Waals surface area contributed by atoms with E-state index in [1.807, 2.05) is 0 Å². The molecule has 0 heterocycles. The number of phosphoric acid groups is 2. The van der Waals surface area contributed by atoms with E-state index in [2.05, 4.69) is 8.83 Å². The van der Waals surface area contributed by atoms with E-state index in [1.165, 1.54) is 0 Å². The van der Waals surface area contributed by atoms with Crippen molar-refractivity contribution in [1.29, 1.82) is 0 Å². The van der Waals surface area contributed by atoms with E-state index in [0.29, 0.717) is 0 Å². The maximum atomic E-state index is 10.9. The Morgan fingerprint density at radius 3 is 1.94 bits per heavy atom. The zero-order valence-corrected chi connectivity index (χ0v) is 10.4. The summed E-state index contributed by atoms with van der Waals surface area (Å²) in [7, 11) is -10.3. The molecule has 0 spiro atoms. The molecule has 0 aliphatic rings. The van der Waals surface area contributed by atoms with Crippen molar-refractivity contribution in [3.8, 4) is 0 Å². The van der Waals surface area contributed by atoms with Crippen molar-refractivity contribution in [3.05, 3.63) is 0 Å². The minimum atomic E-state index is -5.22. The average molecular weight is 296 g/mol. The van der Waals surface area contributed by atoms with Crippen molar-refractivity contribution in [1.82, 2.24) is 0 Å². The molecule has 10 nitrogen and oxygen atoms in total. The van der Waals surface area contributed by atoms with Crippen LogP contribution in [-0.2, 0) is 18.0 Å². The van der Waals surface area contributed by atoms with E-state index in [1.54, 1.807) is 0 Å². The van der Waals surface area contributed by atoms with E-state index in [0.717, 1.165) is 6.92 Å². The van der Waals surface area contributed by atoms with E-state index in [-0.39, 0.29) is 0 Å². The molecule has 0 aromatic carbocycles. The van der Waals surface area contributed by atoms with E-state index >= 15 is 0 Å². The Morgan fingerprint density at radius 2 is 1.59 bits per heavy atom. The fourth-order valence-corrected chi connectivity index (χ4v) is 2.35. The fraction of sp³-hybridized carbons (Fsp3) is 1.00. The summed E-state index contributed by atoms with van der Waals surface area (Å²) in [6.07, 6.45) is -4.70. The molecular formula is C5H14O10P2. The number of aliphatic hydroxyl groups is 3. The van der Waals surface area contributed by atoms with Gasteiger partial charge in [0.05, 0.1) is 12.7 Å². The van der Waals surface area contributed by atoms with Crippen LogP contribution in [0.1, 0.15) is 6.92 Å². The summed E-state index contributed by atoms with van der Waals surface area (Å²) in [5, 5.41) is 27.1. The maximum Gasteiger partial charge on any atom is 0.481 e. The summed E-state index contributed by atoms with van der Waals surface area (Å²) in [5.74, 6) is 0. The van der Waals surface area contributed by atoms with Gasteiger partial charge in [-0.3, -0.25) is 4.52 Å². The van der Waals surface area contributed by atoms with Gasteiger partial charge in [-0.05, 0) is 6.92 Å². The van der Waals surface area contributed by atoms with Crippen LogP contribution >= 0.6 is 15.6 Å². The highest BCUT2D eigenvalue weighted by Gasteiger charge is 2.34. The smallest absolute Gasteiger partial charge is 0.391 e. The Labute approximate surface area is 96.3 Å². The molecule has 0 saturated heterocycles. The summed E-state index contributed by atoms with van der Waals surface area (Å²) < 4.78 is 28.6. The van der Waals surface area contributed by atoms with Crippen LogP contribution in [-0.4, -0.2) is 54.9 Å². The van der Waals surface area contributed by atoms with Gasteiger partial charge in [0.15, 0.2) is 0 Å². The first-order chi connectivity index (χ1) is 7.44. The van der Waals surface area contributed by atoms with Crippen LogP contribution in [0, 0.1) is 0 Å². The lowest BCUT2D eigenvalue weighted by atomic mass is 10.1. The van der Waals surface area contributed by atoms with Crippen LogP contribution in [0.3, 0.4) is 0 Å². The van der Waals surface area contributed by atoms with E-state index in [9.17, 15) is 9.13 Å². The number of aliphatic hydroxyl groups excluding tert-OH is 3. The van der Waals surface area contributed by atoms with Crippen molar-refractivity contribution in [2.75, 3.05) is 6.61 Å². The third kappa shape index (κ3) is 7.96. The van der Waals surface area contributed by atoms with Crippen molar-refractivity contribution < 1.29 is 48.0 Å². The van der Waals surface area contributed by atoms with Crippen molar-refractivity contribution in [2.45, 2.75) is 25.2 Å². The Kier molecular flexibility index (Phi) is 6.40. The Morgan fingerprint density at radius 1 is 1.12 bits per heavy atom. The first kappa shape index (κ1) is 17.1. The van der Waals surface area contributed by atoms with Crippen LogP contribution in [0.5, 0.6) is 0 Å². The second-order valence-electron chi connectivity index (χ2n) is 3.14. The summed E-state index contributed by atoms with van der Waals surface area (Å²) in [4.78, 5) is 25.3. The lowest BCUT2D eigenvalue weighted by Gasteiger charge is -2.21. The molecule has 0 bridgehead atoms. The molecule has 0 fully saturated rings. The van der Waals surface area contributed by atoms with E-state index < -0.39 is 40.6 Å². The predicted molar refractivity (Wildman–Crippen MR) is 52.6 cm³/mol.